The van der Waals surface area contributed by atoms with Crippen molar-refractivity contribution in [2.75, 3.05) is 0 Å². The summed E-state index contributed by atoms with van der Waals surface area (Å²) >= 11 is 0. The Morgan fingerprint density at radius 3 is 2.56 bits per heavy atom. The van der Waals surface area contributed by atoms with Crippen molar-refractivity contribution in [2.24, 2.45) is 0 Å². The minimum Gasteiger partial charge on any atom is -0.337 e. The third kappa shape index (κ3) is 1.68. The predicted molar refractivity (Wildman–Crippen MR) is 73.5 cm³/mol. The minimum absolute atomic E-state index is 0.841. The van der Waals surface area contributed by atoms with Crippen LogP contribution in [-0.2, 0) is 0 Å². The second kappa shape index (κ2) is 3.95. The van der Waals surface area contributed by atoms with Gasteiger partial charge in [0.25, 0.3) is 0 Å². The number of aromatic amines is 1. The lowest BCUT2D eigenvalue weighted by Gasteiger charge is -1.98. The summed E-state index contributed by atoms with van der Waals surface area (Å²) in [5.41, 5.74) is 6.65. The Hall–Kier alpha value is -2.16. The van der Waals surface area contributed by atoms with Gasteiger partial charge in [0.05, 0.1) is 11.0 Å². The molecule has 2 heterocycles. The van der Waals surface area contributed by atoms with Crippen molar-refractivity contribution in [3.05, 3.63) is 47.2 Å². The van der Waals surface area contributed by atoms with Crippen LogP contribution in [0.4, 0.5) is 0 Å². The lowest BCUT2D eigenvalue weighted by molar-refractivity contribution is 1.20. The van der Waals surface area contributed by atoms with Crippen LogP contribution in [0, 0.1) is 20.8 Å². The molecule has 0 saturated heterocycles. The smallest absolute Gasteiger partial charge is 0.157 e. The first kappa shape index (κ1) is 11.0. The minimum atomic E-state index is 0.841. The molecule has 0 fully saturated rings. The molecule has 0 spiro atoms. The number of aromatic nitrogens is 3. The van der Waals surface area contributed by atoms with Gasteiger partial charge in [-0.2, -0.15) is 0 Å². The SMILES string of the molecule is Cc1cc2nc(-c3ncccc3C)[nH]c2cc1C. The maximum Gasteiger partial charge on any atom is 0.157 e. The van der Waals surface area contributed by atoms with E-state index in [4.69, 9.17) is 0 Å². The van der Waals surface area contributed by atoms with Gasteiger partial charge in [0.15, 0.2) is 5.82 Å². The van der Waals surface area contributed by atoms with E-state index in [2.05, 4.69) is 40.9 Å². The van der Waals surface area contributed by atoms with E-state index in [1.165, 1.54) is 11.1 Å². The van der Waals surface area contributed by atoms with Crippen molar-refractivity contribution in [3.8, 4) is 11.5 Å². The summed E-state index contributed by atoms with van der Waals surface area (Å²) in [6.45, 7) is 6.27. The fourth-order valence-electron chi connectivity index (χ4n) is 2.12. The summed E-state index contributed by atoms with van der Waals surface area (Å²) in [6, 6.07) is 8.24. The van der Waals surface area contributed by atoms with E-state index in [1.807, 2.05) is 19.1 Å². The molecule has 0 radical (unpaired) electrons. The standard InChI is InChI=1S/C15H15N3/c1-9-5-4-6-16-14(9)15-17-12-7-10(2)11(3)8-13(12)18-15/h4-8H,1-3H3,(H,17,18). The number of fused-ring (bicyclic) bond motifs is 1. The molecule has 0 bridgehead atoms. The van der Waals surface area contributed by atoms with E-state index in [1.54, 1.807) is 6.20 Å². The zero-order valence-electron chi connectivity index (χ0n) is 10.8. The van der Waals surface area contributed by atoms with Crippen LogP contribution in [0.1, 0.15) is 16.7 Å². The normalized spacial score (nSPS) is 11.1. The van der Waals surface area contributed by atoms with Gasteiger partial charge in [-0.05, 0) is 55.7 Å². The average Bonchev–Trinajstić information content (AvgIpc) is 2.73. The zero-order chi connectivity index (χ0) is 12.7. The Kier molecular flexibility index (Phi) is 2.40. The van der Waals surface area contributed by atoms with Gasteiger partial charge in [-0.25, -0.2) is 4.98 Å². The van der Waals surface area contributed by atoms with Crippen molar-refractivity contribution in [3.63, 3.8) is 0 Å². The van der Waals surface area contributed by atoms with E-state index in [0.717, 1.165) is 28.1 Å². The molecule has 90 valence electrons. The Balaban J connectivity index is 2.23. The molecule has 18 heavy (non-hydrogen) atoms. The molecule has 1 aromatic carbocycles. The largest absolute Gasteiger partial charge is 0.337 e. The number of pyridine rings is 1. The number of nitrogens with one attached hydrogen (secondary N) is 1. The number of nitrogens with zero attached hydrogens (tertiary/aromatic N) is 2. The van der Waals surface area contributed by atoms with E-state index in [-0.39, 0.29) is 0 Å². The van der Waals surface area contributed by atoms with E-state index >= 15 is 0 Å². The average molecular weight is 237 g/mol. The van der Waals surface area contributed by atoms with E-state index in [0.29, 0.717) is 0 Å². The van der Waals surface area contributed by atoms with Gasteiger partial charge in [0.2, 0.25) is 0 Å². The number of H-pyrrole nitrogens is 1. The summed E-state index contributed by atoms with van der Waals surface area (Å²) in [6.07, 6.45) is 1.80. The highest BCUT2D eigenvalue weighted by molar-refractivity contribution is 5.80. The highest BCUT2D eigenvalue weighted by atomic mass is 14.9. The molecule has 3 rings (SSSR count). The van der Waals surface area contributed by atoms with Gasteiger partial charge in [0.1, 0.15) is 5.69 Å². The number of imidazole rings is 1. The maximum absolute atomic E-state index is 4.63. The van der Waals surface area contributed by atoms with Crippen LogP contribution < -0.4 is 0 Å². The number of hydrogen-bond acceptors (Lipinski definition) is 2. The third-order valence-electron chi connectivity index (χ3n) is 3.33. The summed E-state index contributed by atoms with van der Waals surface area (Å²) in [5.74, 6) is 0.841. The quantitative estimate of drug-likeness (QED) is 0.703. The molecule has 0 unspecified atom stereocenters. The first-order valence-corrected chi connectivity index (χ1v) is 6.04. The first-order chi connectivity index (χ1) is 8.65. The molecule has 0 saturated carbocycles. The van der Waals surface area contributed by atoms with Crippen molar-refractivity contribution < 1.29 is 0 Å². The van der Waals surface area contributed by atoms with Gasteiger partial charge in [-0.3, -0.25) is 4.98 Å². The van der Waals surface area contributed by atoms with Gasteiger partial charge in [-0.1, -0.05) is 6.07 Å². The van der Waals surface area contributed by atoms with Crippen molar-refractivity contribution in [1.82, 2.24) is 15.0 Å². The van der Waals surface area contributed by atoms with Crippen molar-refractivity contribution in [1.29, 1.82) is 0 Å². The monoisotopic (exact) mass is 237 g/mol. The lowest BCUT2D eigenvalue weighted by Crippen LogP contribution is -1.88. The highest BCUT2D eigenvalue weighted by Gasteiger charge is 2.09. The second-order valence-corrected chi connectivity index (χ2v) is 4.71. The Bertz CT molecular complexity index is 687. The molecule has 0 aliphatic heterocycles. The van der Waals surface area contributed by atoms with Crippen molar-refractivity contribution in [2.45, 2.75) is 20.8 Å². The highest BCUT2D eigenvalue weighted by Crippen LogP contribution is 2.23. The van der Waals surface area contributed by atoms with Gasteiger partial charge in [0, 0.05) is 6.20 Å². The zero-order valence-corrected chi connectivity index (χ0v) is 10.8. The Morgan fingerprint density at radius 2 is 1.78 bits per heavy atom. The molecule has 0 atom stereocenters. The molecule has 3 heteroatoms. The van der Waals surface area contributed by atoms with Crippen LogP contribution in [0.2, 0.25) is 0 Å². The number of hydrogen-bond donors (Lipinski definition) is 1. The molecule has 0 aliphatic rings. The molecule has 3 nitrogen and oxygen atoms in total. The van der Waals surface area contributed by atoms with Crippen molar-refractivity contribution >= 4 is 11.0 Å². The van der Waals surface area contributed by atoms with Crippen LogP contribution in [0.15, 0.2) is 30.5 Å². The fraction of sp³-hybridized carbons (Fsp3) is 0.200. The topological polar surface area (TPSA) is 41.6 Å². The van der Waals surface area contributed by atoms with Crippen LogP contribution in [0.3, 0.4) is 0 Å². The van der Waals surface area contributed by atoms with E-state index < -0.39 is 0 Å². The summed E-state index contributed by atoms with van der Waals surface area (Å²) < 4.78 is 0. The van der Waals surface area contributed by atoms with E-state index in [9.17, 15) is 0 Å². The Morgan fingerprint density at radius 1 is 1.00 bits per heavy atom. The molecule has 2 aromatic heterocycles. The van der Waals surface area contributed by atoms with Crippen LogP contribution >= 0.6 is 0 Å². The number of aryl methyl sites for hydroxylation is 3. The lowest BCUT2D eigenvalue weighted by atomic mass is 10.1. The van der Waals surface area contributed by atoms with Crippen LogP contribution in [-0.4, -0.2) is 15.0 Å². The summed E-state index contributed by atoms with van der Waals surface area (Å²) in [4.78, 5) is 12.4. The Labute approximate surface area is 106 Å². The summed E-state index contributed by atoms with van der Waals surface area (Å²) in [5, 5.41) is 0. The van der Waals surface area contributed by atoms with Gasteiger partial charge in [-0.15, -0.1) is 0 Å². The third-order valence-corrected chi connectivity index (χ3v) is 3.33. The second-order valence-electron chi connectivity index (χ2n) is 4.71. The summed E-state index contributed by atoms with van der Waals surface area (Å²) in [7, 11) is 0. The van der Waals surface area contributed by atoms with Crippen LogP contribution in [0.5, 0.6) is 0 Å². The maximum atomic E-state index is 4.63. The molecule has 1 N–H and O–H groups in total. The molecular formula is C15H15N3. The molecular weight excluding hydrogens is 222 g/mol. The fourth-order valence-corrected chi connectivity index (χ4v) is 2.12. The first-order valence-electron chi connectivity index (χ1n) is 6.04. The molecule has 0 aliphatic carbocycles. The van der Waals surface area contributed by atoms with Crippen LogP contribution in [0.25, 0.3) is 22.6 Å². The molecule has 0 amide bonds. The predicted octanol–water partition coefficient (Wildman–Crippen LogP) is 3.55. The van der Waals surface area contributed by atoms with Gasteiger partial charge < -0.3 is 4.98 Å². The number of benzene rings is 1. The number of rotatable bonds is 1. The van der Waals surface area contributed by atoms with Gasteiger partial charge >= 0.3 is 0 Å². The molecule has 3 aromatic rings.